The van der Waals surface area contributed by atoms with Crippen LogP contribution >= 0.6 is 0 Å². The first-order valence-corrected chi connectivity index (χ1v) is 8.34. The van der Waals surface area contributed by atoms with Gasteiger partial charge in [0.05, 0.1) is 30.1 Å². The Morgan fingerprint density at radius 2 is 2.00 bits per heavy atom. The zero-order chi connectivity index (χ0) is 15.5. The highest BCUT2D eigenvalue weighted by Gasteiger charge is 2.36. The summed E-state index contributed by atoms with van der Waals surface area (Å²) in [5, 5.41) is 9.03. The fourth-order valence-electron chi connectivity index (χ4n) is 2.31. The average Bonchev–Trinajstić information content (AvgIpc) is 2.87. The molecule has 0 spiro atoms. The molecule has 0 aliphatic carbocycles. The number of aryl methyl sites for hydroxylation is 1. The Labute approximate surface area is 124 Å². The van der Waals surface area contributed by atoms with Crippen LogP contribution in [0, 0.1) is 5.92 Å². The predicted molar refractivity (Wildman–Crippen MR) is 76.5 cm³/mol. The van der Waals surface area contributed by atoms with Crippen LogP contribution in [-0.4, -0.2) is 38.7 Å². The first kappa shape index (κ1) is 15.9. The van der Waals surface area contributed by atoms with Gasteiger partial charge < -0.3 is 9.84 Å². The van der Waals surface area contributed by atoms with Crippen LogP contribution in [0.3, 0.4) is 0 Å². The normalized spacial score (nSPS) is 22.3. The van der Waals surface area contributed by atoms with Crippen LogP contribution in [-0.2, 0) is 26.0 Å². The number of hydrogen-bond donors (Lipinski definition) is 2. The standard InChI is InChI=1S/C14H19NO5S/c1-2-3-10-4-6-11(7-5-10)21(18,19)15-13-9-20-8-12(13)14(16)17/h4-7,12-13,15H,2-3,8-9H2,1H3,(H,16,17). The number of aliphatic carboxylic acids is 1. The zero-order valence-electron chi connectivity index (χ0n) is 11.8. The lowest BCUT2D eigenvalue weighted by Gasteiger charge is -2.16. The molecule has 1 aliphatic heterocycles. The molecular weight excluding hydrogens is 294 g/mol. The minimum absolute atomic E-state index is 0.0258. The number of sulfonamides is 1. The molecule has 1 aliphatic rings. The molecule has 7 heteroatoms. The maximum atomic E-state index is 12.3. The van der Waals surface area contributed by atoms with Gasteiger partial charge in [0.2, 0.25) is 10.0 Å². The van der Waals surface area contributed by atoms with Gasteiger partial charge in [-0.25, -0.2) is 13.1 Å². The van der Waals surface area contributed by atoms with E-state index >= 15 is 0 Å². The fourth-order valence-corrected chi connectivity index (χ4v) is 3.57. The van der Waals surface area contributed by atoms with Crippen LogP contribution in [0.2, 0.25) is 0 Å². The maximum absolute atomic E-state index is 12.3. The average molecular weight is 313 g/mol. The Morgan fingerprint density at radius 3 is 2.57 bits per heavy atom. The van der Waals surface area contributed by atoms with Crippen molar-refractivity contribution in [3.63, 3.8) is 0 Å². The molecule has 2 rings (SSSR count). The number of ether oxygens (including phenoxy) is 1. The Kier molecular flexibility index (Phi) is 4.97. The molecule has 0 radical (unpaired) electrons. The summed E-state index contributed by atoms with van der Waals surface area (Å²) in [5.41, 5.74) is 1.07. The van der Waals surface area contributed by atoms with E-state index in [1.807, 2.05) is 0 Å². The van der Waals surface area contributed by atoms with Crippen molar-refractivity contribution in [3.05, 3.63) is 29.8 Å². The summed E-state index contributed by atoms with van der Waals surface area (Å²) in [5.74, 6) is -1.90. The van der Waals surface area contributed by atoms with Crippen molar-refractivity contribution in [2.24, 2.45) is 5.92 Å². The monoisotopic (exact) mass is 313 g/mol. The summed E-state index contributed by atoms with van der Waals surface area (Å²) in [6.45, 7) is 2.15. The van der Waals surface area contributed by atoms with E-state index in [1.165, 1.54) is 0 Å². The van der Waals surface area contributed by atoms with E-state index in [0.29, 0.717) is 0 Å². The molecule has 0 amide bonds. The van der Waals surface area contributed by atoms with E-state index < -0.39 is 28.0 Å². The molecule has 116 valence electrons. The van der Waals surface area contributed by atoms with E-state index in [4.69, 9.17) is 9.84 Å². The second-order valence-corrected chi connectivity index (χ2v) is 6.82. The molecule has 2 N–H and O–H groups in total. The highest BCUT2D eigenvalue weighted by Crippen LogP contribution is 2.18. The topological polar surface area (TPSA) is 92.7 Å². The maximum Gasteiger partial charge on any atom is 0.310 e. The Morgan fingerprint density at radius 1 is 1.33 bits per heavy atom. The first-order chi connectivity index (χ1) is 9.94. The summed E-state index contributed by atoms with van der Waals surface area (Å²) in [7, 11) is -3.74. The van der Waals surface area contributed by atoms with Crippen molar-refractivity contribution < 1.29 is 23.1 Å². The van der Waals surface area contributed by atoms with Crippen LogP contribution in [0.15, 0.2) is 29.2 Å². The number of hydrogen-bond acceptors (Lipinski definition) is 4. The Bertz CT molecular complexity index is 596. The minimum Gasteiger partial charge on any atom is -0.481 e. The number of carboxylic acid groups (broad SMARTS) is 1. The van der Waals surface area contributed by atoms with Crippen molar-refractivity contribution in [2.45, 2.75) is 30.7 Å². The van der Waals surface area contributed by atoms with Crippen LogP contribution in [0.1, 0.15) is 18.9 Å². The van der Waals surface area contributed by atoms with E-state index in [9.17, 15) is 13.2 Å². The largest absolute Gasteiger partial charge is 0.481 e. The van der Waals surface area contributed by atoms with Crippen molar-refractivity contribution in [3.8, 4) is 0 Å². The van der Waals surface area contributed by atoms with Crippen LogP contribution in [0.25, 0.3) is 0 Å². The highest BCUT2D eigenvalue weighted by atomic mass is 32.2. The zero-order valence-corrected chi connectivity index (χ0v) is 12.6. The molecule has 6 nitrogen and oxygen atoms in total. The third kappa shape index (κ3) is 3.81. The van der Waals surface area contributed by atoms with E-state index in [1.54, 1.807) is 24.3 Å². The summed E-state index contributed by atoms with van der Waals surface area (Å²) >= 11 is 0. The lowest BCUT2D eigenvalue weighted by molar-refractivity contribution is -0.142. The van der Waals surface area contributed by atoms with Crippen LogP contribution in [0.5, 0.6) is 0 Å². The van der Waals surface area contributed by atoms with E-state index in [2.05, 4.69) is 11.6 Å². The molecule has 1 saturated heterocycles. The first-order valence-electron chi connectivity index (χ1n) is 6.86. The van der Waals surface area contributed by atoms with E-state index in [-0.39, 0.29) is 18.1 Å². The van der Waals surface area contributed by atoms with Gasteiger partial charge in [-0.3, -0.25) is 4.79 Å². The second kappa shape index (κ2) is 6.55. The van der Waals surface area contributed by atoms with Gasteiger partial charge in [-0.05, 0) is 24.1 Å². The fraction of sp³-hybridized carbons (Fsp3) is 0.500. The molecule has 2 atom stereocenters. The van der Waals surface area contributed by atoms with Crippen LogP contribution < -0.4 is 4.72 Å². The summed E-state index contributed by atoms with van der Waals surface area (Å²) < 4.78 is 32.0. The molecule has 1 fully saturated rings. The molecule has 0 saturated carbocycles. The summed E-state index contributed by atoms with van der Waals surface area (Å²) in [6.07, 6.45) is 1.88. The quantitative estimate of drug-likeness (QED) is 0.818. The third-order valence-electron chi connectivity index (χ3n) is 3.48. The molecule has 1 heterocycles. The number of carbonyl (C=O) groups is 1. The highest BCUT2D eigenvalue weighted by molar-refractivity contribution is 7.89. The lowest BCUT2D eigenvalue weighted by atomic mass is 10.1. The van der Waals surface area contributed by atoms with Gasteiger partial charge in [0, 0.05) is 0 Å². The second-order valence-electron chi connectivity index (χ2n) is 5.10. The van der Waals surface area contributed by atoms with E-state index in [0.717, 1.165) is 18.4 Å². The minimum atomic E-state index is -3.74. The molecule has 21 heavy (non-hydrogen) atoms. The third-order valence-corrected chi connectivity index (χ3v) is 4.98. The number of carboxylic acids is 1. The van der Waals surface area contributed by atoms with Gasteiger partial charge in [-0.1, -0.05) is 25.5 Å². The number of rotatable bonds is 6. The van der Waals surface area contributed by atoms with Crippen molar-refractivity contribution >= 4 is 16.0 Å². The van der Waals surface area contributed by atoms with Gasteiger partial charge in [0.25, 0.3) is 0 Å². The summed E-state index contributed by atoms with van der Waals surface area (Å²) in [6, 6.07) is 5.90. The smallest absolute Gasteiger partial charge is 0.310 e. The Balaban J connectivity index is 2.12. The van der Waals surface area contributed by atoms with Gasteiger partial charge >= 0.3 is 5.97 Å². The molecular formula is C14H19NO5S. The lowest BCUT2D eigenvalue weighted by Crippen LogP contribution is -2.42. The SMILES string of the molecule is CCCc1ccc(S(=O)(=O)NC2COCC2C(=O)O)cc1. The molecule has 1 aromatic rings. The van der Waals surface area contributed by atoms with Gasteiger partial charge in [-0.15, -0.1) is 0 Å². The van der Waals surface area contributed by atoms with Gasteiger partial charge in [-0.2, -0.15) is 0 Å². The molecule has 0 aromatic heterocycles. The molecule has 0 bridgehead atoms. The van der Waals surface area contributed by atoms with Gasteiger partial charge in [0.15, 0.2) is 0 Å². The van der Waals surface area contributed by atoms with Crippen molar-refractivity contribution in [2.75, 3.05) is 13.2 Å². The van der Waals surface area contributed by atoms with Gasteiger partial charge in [0.1, 0.15) is 0 Å². The summed E-state index contributed by atoms with van der Waals surface area (Å²) in [4.78, 5) is 11.2. The molecule has 2 unspecified atom stereocenters. The number of nitrogens with one attached hydrogen (secondary N) is 1. The molecule has 1 aromatic carbocycles. The Hall–Kier alpha value is -1.44. The van der Waals surface area contributed by atoms with Crippen molar-refractivity contribution in [1.29, 1.82) is 0 Å². The predicted octanol–water partition coefficient (Wildman–Crippen LogP) is 1.02. The van der Waals surface area contributed by atoms with Crippen molar-refractivity contribution in [1.82, 2.24) is 4.72 Å². The number of benzene rings is 1. The van der Waals surface area contributed by atoms with Crippen LogP contribution in [0.4, 0.5) is 0 Å².